The van der Waals surface area contributed by atoms with Crippen LogP contribution in [0, 0.1) is 6.92 Å². The van der Waals surface area contributed by atoms with Crippen LogP contribution >= 0.6 is 0 Å². The van der Waals surface area contributed by atoms with Crippen LogP contribution in [0.3, 0.4) is 0 Å². The van der Waals surface area contributed by atoms with Gasteiger partial charge in [0.25, 0.3) is 0 Å². The second-order valence-electron chi connectivity index (χ2n) is 6.29. The van der Waals surface area contributed by atoms with E-state index in [0.29, 0.717) is 0 Å². The van der Waals surface area contributed by atoms with Gasteiger partial charge in [0, 0.05) is 0 Å². The Balaban J connectivity index is 1.77. The van der Waals surface area contributed by atoms with Gasteiger partial charge in [-0.15, -0.1) is 0 Å². The van der Waals surface area contributed by atoms with Gasteiger partial charge in [-0.3, -0.25) is 0 Å². The third-order valence-corrected chi connectivity index (χ3v) is 5.03. The molecule has 0 heteroatoms. The summed E-state index contributed by atoms with van der Waals surface area (Å²) in [6.07, 6.45) is 2.17. The molecule has 0 saturated carbocycles. The molecule has 0 nitrogen and oxygen atoms in total. The van der Waals surface area contributed by atoms with Gasteiger partial charge in [-0.05, 0) is 82.0 Å². The van der Waals surface area contributed by atoms with Crippen molar-refractivity contribution in [1.29, 1.82) is 0 Å². The zero-order valence-corrected chi connectivity index (χ0v) is 12.1. The quantitative estimate of drug-likeness (QED) is 0.365. The minimum Gasteiger partial charge on any atom is -0.0619 e. The first-order valence-electron chi connectivity index (χ1n) is 7.64. The zero-order valence-electron chi connectivity index (χ0n) is 12.1. The van der Waals surface area contributed by atoms with Crippen molar-refractivity contribution < 1.29 is 0 Å². The summed E-state index contributed by atoms with van der Waals surface area (Å²) in [6, 6.07) is 20.4. The fourth-order valence-electron chi connectivity index (χ4n) is 4.07. The van der Waals surface area contributed by atoms with Gasteiger partial charge in [0.15, 0.2) is 0 Å². The number of benzene rings is 3. The molecule has 100 valence electrons. The smallest absolute Gasteiger partial charge is 0.00131 e. The van der Waals surface area contributed by atoms with Gasteiger partial charge < -0.3 is 0 Å². The highest BCUT2D eigenvalue weighted by Gasteiger charge is 2.25. The predicted molar refractivity (Wildman–Crippen MR) is 87.7 cm³/mol. The number of hydrogen-bond acceptors (Lipinski definition) is 0. The molecule has 5 rings (SSSR count). The largest absolute Gasteiger partial charge is 0.0619 e. The van der Waals surface area contributed by atoms with E-state index in [4.69, 9.17) is 0 Å². The summed E-state index contributed by atoms with van der Waals surface area (Å²) in [6.45, 7) is 2.23. The molecule has 0 aliphatic heterocycles. The Morgan fingerprint density at radius 3 is 2.29 bits per heavy atom. The average Bonchev–Trinajstić information content (AvgIpc) is 3.03. The fourth-order valence-corrected chi connectivity index (χ4v) is 4.07. The standard InChI is InChI=1S/C21H16/c1-13-5-4-7-15-10-17-11-19-16(12-20(17)21(13)15)9-14-6-2-3-8-18(14)19/h2-8,11-12H,9-10H2,1H3. The molecular weight excluding hydrogens is 252 g/mol. The van der Waals surface area contributed by atoms with Gasteiger partial charge in [0.1, 0.15) is 0 Å². The third kappa shape index (κ3) is 1.45. The highest BCUT2D eigenvalue weighted by atomic mass is 14.3. The summed E-state index contributed by atoms with van der Waals surface area (Å²) < 4.78 is 0. The maximum absolute atomic E-state index is 2.45. The molecule has 0 fully saturated rings. The van der Waals surface area contributed by atoms with Crippen molar-refractivity contribution in [3.05, 3.63) is 82.4 Å². The summed E-state index contributed by atoms with van der Waals surface area (Å²) in [5.74, 6) is 0. The van der Waals surface area contributed by atoms with E-state index < -0.39 is 0 Å². The molecule has 0 saturated heterocycles. The molecule has 0 N–H and O–H groups in total. The Hall–Kier alpha value is -2.34. The maximum Gasteiger partial charge on any atom is -0.00131 e. The lowest BCUT2D eigenvalue weighted by molar-refractivity contribution is 1.24. The van der Waals surface area contributed by atoms with Gasteiger partial charge >= 0.3 is 0 Å². The first-order valence-corrected chi connectivity index (χ1v) is 7.64. The van der Waals surface area contributed by atoms with Gasteiger partial charge in [0.05, 0.1) is 0 Å². The Bertz CT molecular complexity index is 900. The van der Waals surface area contributed by atoms with Crippen LogP contribution in [-0.4, -0.2) is 0 Å². The Labute approximate surface area is 125 Å². The molecule has 0 heterocycles. The minimum absolute atomic E-state index is 1.08. The number of rotatable bonds is 0. The maximum atomic E-state index is 2.45. The van der Waals surface area contributed by atoms with Crippen LogP contribution in [-0.2, 0) is 12.8 Å². The Morgan fingerprint density at radius 2 is 1.33 bits per heavy atom. The summed E-state index contributed by atoms with van der Waals surface area (Å²) in [7, 11) is 0. The summed E-state index contributed by atoms with van der Waals surface area (Å²) >= 11 is 0. The van der Waals surface area contributed by atoms with Crippen molar-refractivity contribution in [3.63, 3.8) is 0 Å². The molecule has 3 aromatic carbocycles. The van der Waals surface area contributed by atoms with E-state index in [1.54, 1.807) is 0 Å². The SMILES string of the molecule is Cc1cccc2c1-c1cc3c(cc1C2)-c1ccccc1C3. The van der Waals surface area contributed by atoms with Gasteiger partial charge in [-0.2, -0.15) is 0 Å². The Morgan fingerprint density at radius 1 is 0.619 bits per heavy atom. The van der Waals surface area contributed by atoms with E-state index >= 15 is 0 Å². The fraction of sp³-hybridized carbons (Fsp3) is 0.143. The highest BCUT2D eigenvalue weighted by Crippen LogP contribution is 2.45. The van der Waals surface area contributed by atoms with Crippen LogP contribution in [0.15, 0.2) is 54.6 Å². The highest BCUT2D eigenvalue weighted by molar-refractivity contribution is 5.86. The first-order chi connectivity index (χ1) is 10.3. The third-order valence-electron chi connectivity index (χ3n) is 5.03. The summed E-state index contributed by atoms with van der Waals surface area (Å²) in [5, 5.41) is 0. The van der Waals surface area contributed by atoms with E-state index in [1.807, 2.05) is 0 Å². The van der Waals surface area contributed by atoms with Crippen molar-refractivity contribution in [2.75, 3.05) is 0 Å². The molecule has 3 aromatic rings. The van der Waals surface area contributed by atoms with Gasteiger partial charge in [-0.25, -0.2) is 0 Å². The van der Waals surface area contributed by atoms with Crippen molar-refractivity contribution >= 4 is 0 Å². The number of fused-ring (bicyclic) bond motifs is 6. The second-order valence-corrected chi connectivity index (χ2v) is 6.29. The van der Waals surface area contributed by atoms with E-state index in [-0.39, 0.29) is 0 Å². The van der Waals surface area contributed by atoms with E-state index in [1.165, 1.54) is 50.1 Å². The van der Waals surface area contributed by atoms with Crippen LogP contribution in [0.2, 0.25) is 0 Å². The predicted octanol–water partition coefficient (Wildman–Crippen LogP) is 5.14. The van der Waals surface area contributed by atoms with E-state index in [9.17, 15) is 0 Å². The molecular formula is C21H16. The summed E-state index contributed by atoms with van der Waals surface area (Å²) in [4.78, 5) is 0. The molecule has 0 unspecified atom stereocenters. The molecule has 2 aliphatic rings. The lowest BCUT2D eigenvalue weighted by Crippen LogP contribution is -1.86. The normalized spacial score (nSPS) is 13.6. The van der Waals surface area contributed by atoms with E-state index in [0.717, 1.165) is 12.8 Å². The molecule has 0 bridgehead atoms. The minimum atomic E-state index is 1.08. The van der Waals surface area contributed by atoms with Crippen molar-refractivity contribution in [2.45, 2.75) is 19.8 Å². The number of aryl methyl sites for hydroxylation is 1. The zero-order chi connectivity index (χ0) is 14.0. The molecule has 0 aromatic heterocycles. The first kappa shape index (κ1) is 11.3. The van der Waals surface area contributed by atoms with Gasteiger partial charge in [-0.1, -0.05) is 42.5 Å². The molecule has 21 heavy (non-hydrogen) atoms. The average molecular weight is 268 g/mol. The van der Waals surface area contributed by atoms with Crippen LogP contribution in [0.5, 0.6) is 0 Å². The van der Waals surface area contributed by atoms with Crippen molar-refractivity contribution in [1.82, 2.24) is 0 Å². The van der Waals surface area contributed by atoms with Crippen LogP contribution in [0.1, 0.15) is 27.8 Å². The molecule has 0 spiro atoms. The molecule has 0 radical (unpaired) electrons. The molecule has 2 aliphatic carbocycles. The van der Waals surface area contributed by atoms with E-state index in [2.05, 4.69) is 61.5 Å². The van der Waals surface area contributed by atoms with Crippen molar-refractivity contribution in [3.8, 4) is 22.3 Å². The lowest BCUT2D eigenvalue weighted by Gasteiger charge is -2.08. The van der Waals surface area contributed by atoms with Gasteiger partial charge in [0.2, 0.25) is 0 Å². The number of hydrogen-bond donors (Lipinski definition) is 0. The lowest BCUT2D eigenvalue weighted by atomic mass is 9.96. The topological polar surface area (TPSA) is 0 Å². The molecule has 0 amide bonds. The summed E-state index contributed by atoms with van der Waals surface area (Å²) in [5.41, 5.74) is 13.2. The second kappa shape index (κ2) is 3.85. The van der Waals surface area contributed by atoms with Crippen LogP contribution in [0.4, 0.5) is 0 Å². The van der Waals surface area contributed by atoms with Crippen LogP contribution < -0.4 is 0 Å². The Kier molecular flexibility index (Phi) is 2.08. The monoisotopic (exact) mass is 268 g/mol. The van der Waals surface area contributed by atoms with Crippen molar-refractivity contribution in [2.24, 2.45) is 0 Å². The van der Waals surface area contributed by atoms with Crippen LogP contribution in [0.25, 0.3) is 22.3 Å². The molecule has 0 atom stereocenters.